The molecule has 1 fully saturated rings. The number of fused-ring (bicyclic) bond motifs is 1. The maximum atomic E-state index is 11.8. The van der Waals surface area contributed by atoms with E-state index in [-0.39, 0.29) is 12.0 Å². The fraction of sp³-hybridized carbons (Fsp3) is 0.385. The molecule has 18 heavy (non-hydrogen) atoms. The Balaban J connectivity index is 1.63. The van der Waals surface area contributed by atoms with Crippen LogP contribution in [-0.4, -0.2) is 28.0 Å². The number of ether oxygens (including phenoxy) is 1. The first-order valence-electron chi connectivity index (χ1n) is 6.15. The molecule has 1 atom stereocenters. The van der Waals surface area contributed by atoms with Crippen LogP contribution in [0, 0.1) is 0 Å². The molecule has 1 saturated heterocycles. The van der Waals surface area contributed by atoms with Gasteiger partial charge in [-0.3, -0.25) is 4.79 Å². The normalized spacial score (nSPS) is 19.2. The summed E-state index contributed by atoms with van der Waals surface area (Å²) in [5.74, 6) is -0.0374. The molecule has 3 heterocycles. The van der Waals surface area contributed by atoms with Crippen molar-refractivity contribution in [1.29, 1.82) is 0 Å². The molecule has 1 amide bonds. The molecule has 1 unspecified atom stereocenters. The van der Waals surface area contributed by atoms with E-state index < -0.39 is 0 Å². The van der Waals surface area contributed by atoms with Crippen LogP contribution in [-0.2, 0) is 16.1 Å². The highest BCUT2D eigenvalue weighted by Crippen LogP contribution is 2.12. The predicted molar refractivity (Wildman–Crippen MR) is 66.0 cm³/mol. The van der Waals surface area contributed by atoms with Gasteiger partial charge in [0.05, 0.1) is 12.2 Å². The molecule has 5 heteroatoms. The van der Waals surface area contributed by atoms with Crippen LogP contribution in [0.15, 0.2) is 30.6 Å². The van der Waals surface area contributed by atoms with Crippen LogP contribution in [0.3, 0.4) is 0 Å². The summed E-state index contributed by atoms with van der Waals surface area (Å²) in [5, 5.41) is 2.86. The van der Waals surface area contributed by atoms with Crippen molar-refractivity contribution in [3.8, 4) is 0 Å². The lowest BCUT2D eigenvalue weighted by molar-refractivity contribution is -0.130. The van der Waals surface area contributed by atoms with E-state index in [9.17, 15) is 4.79 Å². The first-order chi connectivity index (χ1) is 8.83. The van der Waals surface area contributed by atoms with Gasteiger partial charge < -0.3 is 14.5 Å². The summed E-state index contributed by atoms with van der Waals surface area (Å²) in [6.45, 7) is 1.13. The van der Waals surface area contributed by atoms with Gasteiger partial charge in [0.15, 0.2) is 0 Å². The largest absolute Gasteiger partial charge is 0.368 e. The Labute approximate surface area is 105 Å². The van der Waals surface area contributed by atoms with Crippen LogP contribution in [0.5, 0.6) is 0 Å². The summed E-state index contributed by atoms with van der Waals surface area (Å²) < 4.78 is 7.26. The van der Waals surface area contributed by atoms with E-state index in [2.05, 4.69) is 10.3 Å². The minimum atomic E-state index is -0.276. The lowest BCUT2D eigenvalue weighted by Gasteiger charge is -2.08. The number of hydrogen-bond acceptors (Lipinski definition) is 3. The Bertz CT molecular complexity index is 525. The molecule has 0 bridgehead atoms. The van der Waals surface area contributed by atoms with Gasteiger partial charge in [-0.2, -0.15) is 0 Å². The van der Waals surface area contributed by atoms with Crippen molar-refractivity contribution in [3.63, 3.8) is 0 Å². The quantitative estimate of drug-likeness (QED) is 0.882. The predicted octanol–water partition coefficient (Wildman–Crippen LogP) is 1.13. The summed E-state index contributed by atoms with van der Waals surface area (Å²) >= 11 is 0. The van der Waals surface area contributed by atoms with Gasteiger partial charge >= 0.3 is 0 Å². The topological polar surface area (TPSA) is 55.6 Å². The summed E-state index contributed by atoms with van der Waals surface area (Å²) in [6.07, 6.45) is 5.37. The molecule has 3 rings (SSSR count). The van der Waals surface area contributed by atoms with Crippen molar-refractivity contribution in [1.82, 2.24) is 14.7 Å². The molecule has 0 aromatic carbocycles. The standard InChI is InChI=1S/C13H15N3O2/c17-13(11-4-3-7-18-11)14-8-10-9-16-6-2-1-5-12(16)15-10/h1-2,5-6,9,11H,3-4,7-8H2,(H,14,17). The highest BCUT2D eigenvalue weighted by molar-refractivity contribution is 5.80. The van der Waals surface area contributed by atoms with E-state index in [4.69, 9.17) is 4.74 Å². The number of carbonyl (C=O) groups excluding carboxylic acids is 1. The Morgan fingerprint density at radius 3 is 3.28 bits per heavy atom. The molecule has 2 aromatic heterocycles. The second kappa shape index (κ2) is 4.78. The van der Waals surface area contributed by atoms with E-state index in [0.717, 1.165) is 24.2 Å². The van der Waals surface area contributed by atoms with Crippen molar-refractivity contribution in [3.05, 3.63) is 36.3 Å². The fourth-order valence-corrected chi connectivity index (χ4v) is 2.15. The zero-order chi connectivity index (χ0) is 12.4. The number of imidazole rings is 1. The van der Waals surface area contributed by atoms with Crippen molar-refractivity contribution >= 4 is 11.6 Å². The Kier molecular flexibility index (Phi) is 2.98. The number of nitrogens with zero attached hydrogens (tertiary/aromatic N) is 2. The van der Waals surface area contributed by atoms with Crippen LogP contribution in [0.1, 0.15) is 18.5 Å². The first-order valence-corrected chi connectivity index (χ1v) is 6.15. The molecule has 2 aromatic rings. The molecule has 1 aliphatic heterocycles. The average Bonchev–Trinajstić information content (AvgIpc) is 3.04. The van der Waals surface area contributed by atoms with Gasteiger partial charge in [0, 0.05) is 19.0 Å². The zero-order valence-electron chi connectivity index (χ0n) is 10.0. The van der Waals surface area contributed by atoms with E-state index in [0.29, 0.717) is 13.2 Å². The number of nitrogens with one attached hydrogen (secondary N) is 1. The van der Waals surface area contributed by atoms with Gasteiger partial charge in [-0.25, -0.2) is 4.98 Å². The monoisotopic (exact) mass is 245 g/mol. The summed E-state index contributed by atoms with van der Waals surface area (Å²) in [4.78, 5) is 16.2. The van der Waals surface area contributed by atoms with Gasteiger partial charge in [-0.1, -0.05) is 6.07 Å². The van der Waals surface area contributed by atoms with Crippen LogP contribution in [0.4, 0.5) is 0 Å². The molecule has 0 radical (unpaired) electrons. The first kappa shape index (κ1) is 11.2. The highest BCUT2D eigenvalue weighted by Gasteiger charge is 2.23. The van der Waals surface area contributed by atoms with Gasteiger partial charge in [0.1, 0.15) is 11.8 Å². The third-order valence-electron chi connectivity index (χ3n) is 3.08. The van der Waals surface area contributed by atoms with Crippen LogP contribution in [0.2, 0.25) is 0 Å². The highest BCUT2D eigenvalue weighted by atomic mass is 16.5. The molecule has 0 aliphatic carbocycles. The van der Waals surface area contributed by atoms with Crippen LogP contribution >= 0.6 is 0 Å². The second-order valence-corrected chi connectivity index (χ2v) is 4.42. The lowest BCUT2D eigenvalue weighted by atomic mass is 10.2. The number of rotatable bonds is 3. The van der Waals surface area contributed by atoms with E-state index >= 15 is 0 Å². The maximum Gasteiger partial charge on any atom is 0.249 e. The SMILES string of the molecule is O=C(NCc1cn2ccccc2n1)C1CCCO1. The molecule has 5 nitrogen and oxygen atoms in total. The van der Waals surface area contributed by atoms with Crippen LogP contribution < -0.4 is 5.32 Å². The molecule has 0 saturated carbocycles. The minimum Gasteiger partial charge on any atom is -0.368 e. The zero-order valence-corrected chi connectivity index (χ0v) is 10.0. The van der Waals surface area contributed by atoms with Crippen molar-refractivity contribution in [2.45, 2.75) is 25.5 Å². The molecule has 1 aliphatic rings. The fourth-order valence-electron chi connectivity index (χ4n) is 2.15. The molecular weight excluding hydrogens is 230 g/mol. The summed E-state index contributed by atoms with van der Waals surface area (Å²) in [6, 6.07) is 5.83. The van der Waals surface area contributed by atoms with Crippen molar-refractivity contribution in [2.24, 2.45) is 0 Å². The van der Waals surface area contributed by atoms with Gasteiger partial charge in [0.25, 0.3) is 0 Å². The Hall–Kier alpha value is -1.88. The molecule has 94 valence electrons. The third kappa shape index (κ3) is 2.22. The molecule has 1 N–H and O–H groups in total. The lowest BCUT2D eigenvalue weighted by Crippen LogP contribution is -2.33. The average molecular weight is 245 g/mol. The number of pyridine rings is 1. The van der Waals surface area contributed by atoms with E-state index in [1.807, 2.05) is 35.0 Å². The summed E-state index contributed by atoms with van der Waals surface area (Å²) in [5.41, 5.74) is 1.74. The molecular formula is C13H15N3O2. The smallest absolute Gasteiger partial charge is 0.249 e. The van der Waals surface area contributed by atoms with E-state index in [1.165, 1.54) is 0 Å². The third-order valence-corrected chi connectivity index (χ3v) is 3.08. The van der Waals surface area contributed by atoms with E-state index in [1.54, 1.807) is 0 Å². The summed E-state index contributed by atoms with van der Waals surface area (Å²) in [7, 11) is 0. The van der Waals surface area contributed by atoms with Gasteiger partial charge in [-0.05, 0) is 25.0 Å². The van der Waals surface area contributed by atoms with Gasteiger partial charge in [-0.15, -0.1) is 0 Å². The number of amides is 1. The molecule has 0 spiro atoms. The maximum absolute atomic E-state index is 11.8. The Morgan fingerprint density at radius 1 is 1.56 bits per heavy atom. The van der Waals surface area contributed by atoms with Crippen LogP contribution in [0.25, 0.3) is 5.65 Å². The second-order valence-electron chi connectivity index (χ2n) is 4.42. The minimum absolute atomic E-state index is 0.0374. The Morgan fingerprint density at radius 2 is 2.50 bits per heavy atom. The van der Waals surface area contributed by atoms with Gasteiger partial charge in [0.2, 0.25) is 5.91 Å². The van der Waals surface area contributed by atoms with Crippen molar-refractivity contribution in [2.75, 3.05) is 6.61 Å². The number of hydrogen-bond donors (Lipinski definition) is 1. The number of aromatic nitrogens is 2. The van der Waals surface area contributed by atoms with Crippen molar-refractivity contribution < 1.29 is 9.53 Å². The number of carbonyl (C=O) groups is 1.